The topological polar surface area (TPSA) is 38.0 Å². The highest BCUT2D eigenvalue weighted by atomic mass is 79.9. The predicted octanol–water partition coefficient (Wildman–Crippen LogP) is 3.28. The molecule has 18 heavy (non-hydrogen) atoms. The molecule has 94 valence electrons. The number of nitrogens with one attached hydrogen (secondary N) is 1. The Bertz CT molecular complexity index is 560. The number of hydrogen-bond acceptors (Lipinski definition) is 2. The fourth-order valence-electron chi connectivity index (χ4n) is 1.79. The molecule has 0 saturated heterocycles. The predicted molar refractivity (Wildman–Crippen MR) is 69.7 cm³/mol. The first kappa shape index (κ1) is 13.1. The first-order valence-electron chi connectivity index (χ1n) is 5.28. The second kappa shape index (κ2) is 5.56. The van der Waals surface area contributed by atoms with Crippen LogP contribution in [0.4, 0.5) is 8.78 Å². The number of hydrazine groups is 1. The van der Waals surface area contributed by atoms with Gasteiger partial charge in [-0.05, 0) is 35.4 Å². The van der Waals surface area contributed by atoms with E-state index in [9.17, 15) is 8.78 Å². The molecule has 0 fully saturated rings. The van der Waals surface area contributed by atoms with Gasteiger partial charge in [0.25, 0.3) is 0 Å². The number of nitrogens with two attached hydrogens (primary N) is 1. The Morgan fingerprint density at radius 1 is 1.06 bits per heavy atom. The second-order valence-electron chi connectivity index (χ2n) is 3.82. The zero-order valence-corrected chi connectivity index (χ0v) is 10.9. The lowest BCUT2D eigenvalue weighted by Crippen LogP contribution is -2.29. The molecule has 2 aromatic rings. The lowest BCUT2D eigenvalue weighted by Gasteiger charge is -2.18. The summed E-state index contributed by atoms with van der Waals surface area (Å²) in [5.74, 6) is 4.82. The summed E-state index contributed by atoms with van der Waals surface area (Å²) in [6.45, 7) is 0. The first-order valence-corrected chi connectivity index (χ1v) is 6.07. The summed E-state index contributed by atoms with van der Waals surface area (Å²) in [6, 6.07) is 9.99. The molecule has 0 radical (unpaired) electrons. The molecule has 2 rings (SSSR count). The molecule has 0 saturated carbocycles. The van der Waals surface area contributed by atoms with Gasteiger partial charge >= 0.3 is 0 Å². The Morgan fingerprint density at radius 2 is 1.78 bits per heavy atom. The molecular formula is C13H11BrF2N2. The Kier molecular flexibility index (Phi) is 4.06. The summed E-state index contributed by atoms with van der Waals surface area (Å²) >= 11 is 3.28. The second-order valence-corrected chi connectivity index (χ2v) is 4.67. The molecule has 2 nitrogen and oxygen atoms in total. The van der Waals surface area contributed by atoms with E-state index < -0.39 is 6.04 Å². The largest absolute Gasteiger partial charge is 0.271 e. The van der Waals surface area contributed by atoms with Gasteiger partial charge in [0, 0.05) is 4.47 Å². The summed E-state index contributed by atoms with van der Waals surface area (Å²) in [6.07, 6.45) is 0. The number of benzene rings is 2. The first-order chi connectivity index (χ1) is 8.61. The zero-order valence-electron chi connectivity index (χ0n) is 9.33. The molecule has 3 N–H and O–H groups in total. The smallest absolute Gasteiger partial charge is 0.124 e. The summed E-state index contributed by atoms with van der Waals surface area (Å²) in [5.41, 5.74) is 4.01. The van der Waals surface area contributed by atoms with Crippen molar-refractivity contribution >= 4 is 15.9 Å². The van der Waals surface area contributed by atoms with Gasteiger partial charge in [-0.25, -0.2) is 14.2 Å². The minimum atomic E-state index is -0.407. The monoisotopic (exact) mass is 312 g/mol. The lowest BCUT2D eigenvalue weighted by atomic mass is 9.99. The minimum absolute atomic E-state index is 0.342. The van der Waals surface area contributed by atoms with Crippen LogP contribution in [0.25, 0.3) is 0 Å². The van der Waals surface area contributed by atoms with E-state index in [-0.39, 0.29) is 11.6 Å². The van der Waals surface area contributed by atoms with Gasteiger partial charge in [0.1, 0.15) is 11.6 Å². The molecule has 1 atom stereocenters. The van der Waals surface area contributed by atoms with Crippen molar-refractivity contribution in [1.82, 2.24) is 5.43 Å². The van der Waals surface area contributed by atoms with Crippen molar-refractivity contribution in [3.05, 3.63) is 69.7 Å². The number of hydrogen-bond donors (Lipinski definition) is 2. The van der Waals surface area contributed by atoms with Crippen LogP contribution >= 0.6 is 15.9 Å². The van der Waals surface area contributed by atoms with E-state index in [0.717, 1.165) is 5.56 Å². The fourth-order valence-corrected chi connectivity index (χ4v) is 2.37. The van der Waals surface area contributed by atoms with E-state index in [1.165, 1.54) is 24.3 Å². The summed E-state index contributed by atoms with van der Waals surface area (Å²) in [5, 5.41) is 0. The van der Waals surface area contributed by atoms with E-state index in [1.807, 2.05) is 0 Å². The van der Waals surface area contributed by atoms with Gasteiger partial charge < -0.3 is 0 Å². The molecule has 0 spiro atoms. The molecule has 0 aromatic heterocycles. The van der Waals surface area contributed by atoms with Crippen molar-refractivity contribution < 1.29 is 8.78 Å². The van der Waals surface area contributed by atoms with Crippen LogP contribution in [0.5, 0.6) is 0 Å². The van der Waals surface area contributed by atoms with Gasteiger partial charge in [0.2, 0.25) is 0 Å². The molecule has 0 aliphatic rings. The van der Waals surface area contributed by atoms with Crippen LogP contribution in [-0.4, -0.2) is 0 Å². The molecule has 0 amide bonds. The van der Waals surface area contributed by atoms with E-state index in [0.29, 0.717) is 10.0 Å². The van der Waals surface area contributed by atoms with Crippen LogP contribution in [-0.2, 0) is 0 Å². The maximum absolute atomic E-state index is 13.2. The molecule has 5 heteroatoms. The van der Waals surface area contributed by atoms with Crippen LogP contribution in [0.1, 0.15) is 17.2 Å². The van der Waals surface area contributed by atoms with E-state index >= 15 is 0 Å². The van der Waals surface area contributed by atoms with Crippen molar-refractivity contribution in [2.45, 2.75) is 6.04 Å². The molecule has 0 aliphatic carbocycles. The standard InChI is InChI=1S/C13H11BrF2N2/c14-12-7-10(16)4-5-11(12)13(18-17)8-2-1-3-9(15)6-8/h1-7,13,18H,17H2. The summed E-state index contributed by atoms with van der Waals surface area (Å²) in [4.78, 5) is 0. The average Bonchev–Trinajstić information content (AvgIpc) is 2.33. The highest BCUT2D eigenvalue weighted by molar-refractivity contribution is 9.10. The van der Waals surface area contributed by atoms with Gasteiger partial charge in [-0.2, -0.15) is 0 Å². The lowest BCUT2D eigenvalue weighted by molar-refractivity contribution is 0.599. The van der Waals surface area contributed by atoms with Gasteiger partial charge in [-0.1, -0.05) is 34.1 Å². The minimum Gasteiger partial charge on any atom is -0.271 e. The molecule has 2 aromatic carbocycles. The SMILES string of the molecule is NNC(c1cccc(F)c1)c1ccc(F)cc1Br. The molecule has 0 aliphatic heterocycles. The zero-order chi connectivity index (χ0) is 13.1. The van der Waals surface area contributed by atoms with Crippen molar-refractivity contribution in [2.75, 3.05) is 0 Å². The summed E-state index contributed by atoms with van der Waals surface area (Å²) < 4.78 is 26.8. The quantitative estimate of drug-likeness (QED) is 0.674. The highest BCUT2D eigenvalue weighted by Gasteiger charge is 2.16. The third kappa shape index (κ3) is 2.75. The Hall–Kier alpha value is -1.30. The van der Waals surface area contributed by atoms with Gasteiger partial charge in [-0.3, -0.25) is 5.84 Å². The Balaban J connectivity index is 2.45. The molecular weight excluding hydrogens is 302 g/mol. The normalized spacial score (nSPS) is 12.4. The Labute approximate surface area is 112 Å². The average molecular weight is 313 g/mol. The van der Waals surface area contributed by atoms with E-state index in [1.54, 1.807) is 18.2 Å². The molecule has 0 heterocycles. The van der Waals surface area contributed by atoms with Crippen molar-refractivity contribution in [2.24, 2.45) is 5.84 Å². The van der Waals surface area contributed by atoms with Crippen LogP contribution in [0.3, 0.4) is 0 Å². The number of rotatable bonds is 3. The Morgan fingerprint density at radius 3 is 2.39 bits per heavy atom. The van der Waals surface area contributed by atoms with Crippen molar-refractivity contribution in [3.63, 3.8) is 0 Å². The summed E-state index contributed by atoms with van der Waals surface area (Å²) in [7, 11) is 0. The third-order valence-corrected chi connectivity index (χ3v) is 3.31. The third-order valence-electron chi connectivity index (χ3n) is 2.62. The van der Waals surface area contributed by atoms with Crippen molar-refractivity contribution in [3.8, 4) is 0 Å². The van der Waals surface area contributed by atoms with Crippen LogP contribution in [0.15, 0.2) is 46.9 Å². The fraction of sp³-hybridized carbons (Fsp3) is 0.0769. The molecule has 0 bridgehead atoms. The maximum Gasteiger partial charge on any atom is 0.124 e. The highest BCUT2D eigenvalue weighted by Crippen LogP contribution is 2.28. The van der Waals surface area contributed by atoms with Crippen LogP contribution in [0, 0.1) is 11.6 Å². The molecule has 1 unspecified atom stereocenters. The van der Waals surface area contributed by atoms with Gasteiger partial charge in [0.05, 0.1) is 6.04 Å². The maximum atomic E-state index is 13.2. The van der Waals surface area contributed by atoms with Crippen molar-refractivity contribution in [1.29, 1.82) is 0 Å². The van der Waals surface area contributed by atoms with Crippen LogP contribution < -0.4 is 11.3 Å². The van der Waals surface area contributed by atoms with Gasteiger partial charge in [0.15, 0.2) is 0 Å². The number of halogens is 3. The van der Waals surface area contributed by atoms with E-state index in [2.05, 4.69) is 21.4 Å². The van der Waals surface area contributed by atoms with E-state index in [4.69, 9.17) is 5.84 Å². The van der Waals surface area contributed by atoms with Crippen LogP contribution in [0.2, 0.25) is 0 Å². The van der Waals surface area contributed by atoms with Gasteiger partial charge in [-0.15, -0.1) is 0 Å².